The molecular weight excluding hydrogens is 239 g/mol. The maximum Gasteiger partial charge on any atom is 0.358 e. The summed E-state index contributed by atoms with van der Waals surface area (Å²) in [6.07, 6.45) is 0.867. The average Bonchev–Trinajstić information content (AvgIpc) is 3.01. The van der Waals surface area contributed by atoms with Gasteiger partial charge in [0, 0.05) is 31.6 Å². The number of halogens is 1. The quantitative estimate of drug-likeness (QED) is 0.572. The molecule has 1 fully saturated rings. The Bertz CT molecular complexity index is 346. The van der Waals surface area contributed by atoms with E-state index >= 15 is 0 Å². The van der Waals surface area contributed by atoms with Crippen LogP contribution in [0.5, 0.6) is 0 Å². The zero-order valence-corrected chi connectivity index (χ0v) is 10.5. The molecule has 3 unspecified atom stereocenters. The van der Waals surface area contributed by atoms with Crippen LogP contribution in [0.1, 0.15) is 13.3 Å². The van der Waals surface area contributed by atoms with E-state index in [2.05, 4.69) is 0 Å². The summed E-state index contributed by atoms with van der Waals surface area (Å²) >= 11 is 6.16. The predicted molar refractivity (Wildman–Crippen MR) is 56.9 cm³/mol. The summed E-state index contributed by atoms with van der Waals surface area (Å²) in [7, 11) is -0.459. The largest absolute Gasteiger partial charge is 0.369 e. The molecule has 0 bridgehead atoms. The molecule has 1 aliphatic heterocycles. The van der Waals surface area contributed by atoms with Crippen molar-refractivity contribution >= 4 is 19.2 Å². The molecular formula is C9H14ClO4P. The van der Waals surface area contributed by atoms with E-state index < -0.39 is 7.60 Å². The lowest BCUT2D eigenvalue weighted by molar-refractivity contribution is 0.280. The Labute approximate surface area is 94.1 Å². The standard InChI is InChI=1S/C9H14ClO4P/c1-5-8(10)7(4-6-9(5)14-6)15(11,12-2)13-3/h5-6,9H,4H2,1-3H3. The van der Waals surface area contributed by atoms with Gasteiger partial charge in [-0.15, -0.1) is 0 Å². The zero-order valence-electron chi connectivity index (χ0n) is 8.90. The Morgan fingerprint density at radius 1 is 1.47 bits per heavy atom. The van der Waals surface area contributed by atoms with E-state index in [-0.39, 0.29) is 18.1 Å². The first-order valence-corrected chi connectivity index (χ1v) is 6.71. The third-order valence-electron chi connectivity index (χ3n) is 3.00. The lowest BCUT2D eigenvalue weighted by atomic mass is 9.97. The Hall–Kier alpha value is 0.140. The zero-order chi connectivity index (χ0) is 11.2. The second kappa shape index (κ2) is 3.86. The highest BCUT2D eigenvalue weighted by atomic mass is 35.5. The molecule has 2 aliphatic rings. The highest BCUT2D eigenvalue weighted by Gasteiger charge is 2.52. The van der Waals surface area contributed by atoms with Crippen molar-refractivity contribution in [1.29, 1.82) is 0 Å². The molecule has 0 aromatic heterocycles. The second-order valence-corrected chi connectivity index (χ2v) is 6.46. The molecule has 0 amide bonds. The fourth-order valence-corrected chi connectivity index (χ4v) is 3.96. The summed E-state index contributed by atoms with van der Waals surface area (Å²) in [5.41, 5.74) is 0. The van der Waals surface area contributed by atoms with Gasteiger partial charge in [-0.1, -0.05) is 18.5 Å². The van der Waals surface area contributed by atoms with Gasteiger partial charge in [-0.25, -0.2) is 0 Å². The number of hydrogen-bond acceptors (Lipinski definition) is 4. The van der Waals surface area contributed by atoms with E-state index in [0.717, 1.165) is 0 Å². The van der Waals surface area contributed by atoms with Crippen molar-refractivity contribution in [3.8, 4) is 0 Å². The molecule has 4 nitrogen and oxygen atoms in total. The number of rotatable bonds is 3. The lowest BCUT2D eigenvalue weighted by Gasteiger charge is -2.23. The minimum atomic E-state index is -3.19. The summed E-state index contributed by atoms with van der Waals surface area (Å²) < 4.78 is 27.5. The van der Waals surface area contributed by atoms with Gasteiger partial charge in [0.1, 0.15) is 0 Å². The summed E-state index contributed by atoms with van der Waals surface area (Å²) in [5.74, 6) is 0.0824. The monoisotopic (exact) mass is 252 g/mol. The van der Waals surface area contributed by atoms with Gasteiger partial charge in [0.05, 0.1) is 17.5 Å². The van der Waals surface area contributed by atoms with Crippen LogP contribution < -0.4 is 0 Å². The van der Waals surface area contributed by atoms with Gasteiger partial charge in [-0.3, -0.25) is 4.57 Å². The third kappa shape index (κ3) is 1.79. The molecule has 86 valence electrons. The molecule has 1 saturated heterocycles. The van der Waals surface area contributed by atoms with Crippen molar-refractivity contribution in [2.24, 2.45) is 5.92 Å². The maximum absolute atomic E-state index is 12.2. The fraction of sp³-hybridized carbons (Fsp3) is 0.778. The summed E-state index contributed by atoms with van der Waals surface area (Å²) in [6, 6.07) is 0. The Balaban J connectivity index is 2.35. The van der Waals surface area contributed by atoms with Crippen LogP contribution in [0.4, 0.5) is 0 Å². The van der Waals surface area contributed by atoms with Gasteiger partial charge in [0.25, 0.3) is 0 Å². The first-order chi connectivity index (χ1) is 7.03. The number of epoxide rings is 1. The minimum Gasteiger partial charge on any atom is -0.369 e. The maximum atomic E-state index is 12.2. The Kier molecular flexibility index (Phi) is 2.99. The Morgan fingerprint density at radius 3 is 2.60 bits per heavy atom. The molecule has 2 rings (SSSR count). The highest BCUT2D eigenvalue weighted by molar-refractivity contribution is 7.58. The molecule has 0 aromatic rings. The van der Waals surface area contributed by atoms with Gasteiger partial charge in [-0.2, -0.15) is 0 Å². The number of ether oxygens (including phenoxy) is 1. The first kappa shape index (κ1) is 11.6. The van der Waals surface area contributed by atoms with Crippen LogP contribution >= 0.6 is 19.2 Å². The topological polar surface area (TPSA) is 48.1 Å². The van der Waals surface area contributed by atoms with Crippen molar-refractivity contribution in [3.63, 3.8) is 0 Å². The molecule has 0 aromatic carbocycles. The van der Waals surface area contributed by atoms with E-state index in [1.165, 1.54) is 14.2 Å². The molecule has 0 N–H and O–H groups in total. The SMILES string of the molecule is COP(=O)(OC)C1=C(Cl)C(C)C2OC2C1. The van der Waals surface area contributed by atoms with Gasteiger partial charge in [0.2, 0.25) is 0 Å². The highest BCUT2D eigenvalue weighted by Crippen LogP contribution is 2.63. The van der Waals surface area contributed by atoms with Crippen LogP contribution in [0.15, 0.2) is 10.3 Å². The third-order valence-corrected chi connectivity index (χ3v) is 5.75. The second-order valence-electron chi connectivity index (χ2n) is 3.79. The van der Waals surface area contributed by atoms with E-state index in [1.807, 2.05) is 6.92 Å². The van der Waals surface area contributed by atoms with E-state index in [0.29, 0.717) is 16.8 Å². The van der Waals surface area contributed by atoms with Crippen LogP contribution in [0.3, 0.4) is 0 Å². The molecule has 0 radical (unpaired) electrons. The van der Waals surface area contributed by atoms with Crippen molar-refractivity contribution < 1.29 is 18.3 Å². The van der Waals surface area contributed by atoms with Crippen LogP contribution in [-0.4, -0.2) is 26.4 Å². The smallest absolute Gasteiger partial charge is 0.358 e. The van der Waals surface area contributed by atoms with Gasteiger partial charge in [0.15, 0.2) is 0 Å². The average molecular weight is 253 g/mol. The van der Waals surface area contributed by atoms with Crippen molar-refractivity contribution in [1.82, 2.24) is 0 Å². The van der Waals surface area contributed by atoms with Crippen LogP contribution in [-0.2, 0) is 18.3 Å². The molecule has 3 atom stereocenters. The molecule has 1 aliphatic carbocycles. The van der Waals surface area contributed by atoms with Crippen LogP contribution in [0, 0.1) is 5.92 Å². The van der Waals surface area contributed by atoms with Crippen LogP contribution in [0.25, 0.3) is 0 Å². The van der Waals surface area contributed by atoms with Gasteiger partial charge in [-0.05, 0) is 0 Å². The van der Waals surface area contributed by atoms with Gasteiger partial charge >= 0.3 is 7.60 Å². The minimum absolute atomic E-state index is 0.0824. The summed E-state index contributed by atoms with van der Waals surface area (Å²) in [4.78, 5) is 0. The van der Waals surface area contributed by atoms with Crippen molar-refractivity contribution in [3.05, 3.63) is 10.3 Å². The molecule has 0 spiro atoms. The lowest BCUT2D eigenvalue weighted by Crippen LogP contribution is -2.16. The molecule has 0 saturated carbocycles. The Morgan fingerprint density at radius 2 is 2.07 bits per heavy atom. The van der Waals surface area contributed by atoms with Crippen LogP contribution in [0.2, 0.25) is 0 Å². The molecule has 1 heterocycles. The van der Waals surface area contributed by atoms with Crippen molar-refractivity contribution in [2.75, 3.05) is 14.2 Å². The molecule has 6 heteroatoms. The first-order valence-electron chi connectivity index (χ1n) is 4.79. The molecule has 15 heavy (non-hydrogen) atoms. The predicted octanol–water partition coefficient (Wildman–Crippen LogP) is 2.73. The summed E-state index contributed by atoms with van der Waals surface area (Å²) in [6.45, 7) is 1.96. The van der Waals surface area contributed by atoms with E-state index in [9.17, 15) is 4.57 Å². The van der Waals surface area contributed by atoms with Crippen molar-refractivity contribution in [2.45, 2.75) is 25.6 Å². The normalized spacial score (nSPS) is 35.3. The van der Waals surface area contributed by atoms with Gasteiger partial charge < -0.3 is 13.8 Å². The van der Waals surface area contributed by atoms with E-state index in [4.69, 9.17) is 25.4 Å². The summed E-state index contributed by atoms with van der Waals surface area (Å²) in [5, 5.41) is 1.14. The van der Waals surface area contributed by atoms with E-state index in [1.54, 1.807) is 0 Å². The number of hydrogen-bond donors (Lipinski definition) is 0. The number of fused-ring (bicyclic) bond motifs is 1. The fourth-order valence-electron chi connectivity index (χ4n) is 1.99.